The average Bonchev–Trinajstić information content (AvgIpc) is 3.24. The van der Waals surface area contributed by atoms with Crippen molar-refractivity contribution in [2.45, 2.75) is 25.3 Å². The Labute approximate surface area is 136 Å². The van der Waals surface area contributed by atoms with Crippen molar-refractivity contribution in [1.82, 2.24) is 24.5 Å². The van der Waals surface area contributed by atoms with Gasteiger partial charge in [0, 0.05) is 18.5 Å². The topological polar surface area (TPSA) is 78.7 Å². The molecule has 1 fully saturated rings. The normalized spacial score (nSPS) is 14.3. The van der Waals surface area contributed by atoms with Gasteiger partial charge in [0.05, 0.1) is 11.6 Å². The van der Waals surface area contributed by atoms with Gasteiger partial charge >= 0.3 is 5.76 Å². The van der Waals surface area contributed by atoms with E-state index in [0.717, 1.165) is 18.7 Å². The van der Waals surface area contributed by atoms with Crippen molar-refractivity contribution < 1.29 is 4.52 Å². The Morgan fingerprint density at radius 3 is 2.83 bits per heavy atom. The smallest absolute Gasteiger partial charge is 0.316 e. The fourth-order valence-electron chi connectivity index (χ4n) is 2.60. The van der Waals surface area contributed by atoms with Gasteiger partial charge in [0.25, 0.3) is 0 Å². The molecule has 0 amide bonds. The summed E-state index contributed by atoms with van der Waals surface area (Å²) in [5.74, 6) is 1.98. The van der Waals surface area contributed by atoms with Crippen LogP contribution in [0.2, 0.25) is 5.02 Å². The molecule has 0 spiro atoms. The number of nitrogens with zero attached hydrogens (tertiary/aromatic N) is 5. The highest BCUT2D eigenvalue weighted by Gasteiger charge is 2.29. The molecule has 8 heteroatoms. The van der Waals surface area contributed by atoms with E-state index in [4.69, 9.17) is 16.1 Å². The van der Waals surface area contributed by atoms with Crippen LogP contribution in [-0.4, -0.2) is 24.5 Å². The molecule has 1 saturated carbocycles. The first-order valence-electron chi connectivity index (χ1n) is 7.34. The van der Waals surface area contributed by atoms with Crippen LogP contribution in [0.1, 0.15) is 30.4 Å². The molecule has 2 heterocycles. The third-order valence-electron chi connectivity index (χ3n) is 4.04. The molecule has 0 bridgehead atoms. The molecule has 23 heavy (non-hydrogen) atoms. The summed E-state index contributed by atoms with van der Waals surface area (Å²) in [5, 5.41) is 12.8. The summed E-state index contributed by atoms with van der Waals surface area (Å²) < 4.78 is 8.18. The minimum absolute atomic E-state index is 0.235. The number of hydrogen-bond donors (Lipinski definition) is 0. The molecule has 0 radical (unpaired) electrons. The van der Waals surface area contributed by atoms with E-state index >= 15 is 0 Å². The highest BCUT2D eigenvalue weighted by Crippen LogP contribution is 2.38. The predicted octanol–water partition coefficient (Wildman–Crippen LogP) is 2.21. The van der Waals surface area contributed by atoms with Gasteiger partial charge in [-0.25, -0.2) is 9.36 Å². The summed E-state index contributed by atoms with van der Waals surface area (Å²) in [4.78, 5) is 12.0. The van der Waals surface area contributed by atoms with Gasteiger partial charge in [-0.1, -0.05) is 28.9 Å². The maximum atomic E-state index is 12.0. The maximum Gasteiger partial charge on any atom is 0.442 e. The van der Waals surface area contributed by atoms with Crippen LogP contribution in [0.3, 0.4) is 0 Å². The molecule has 1 aromatic carbocycles. The zero-order valence-corrected chi connectivity index (χ0v) is 13.2. The molecule has 2 aromatic heterocycles. The van der Waals surface area contributed by atoms with E-state index in [1.54, 1.807) is 12.1 Å². The van der Waals surface area contributed by atoms with Crippen LogP contribution in [0.15, 0.2) is 33.6 Å². The molecule has 118 valence electrons. The second-order valence-corrected chi connectivity index (χ2v) is 6.05. The molecule has 1 aliphatic carbocycles. The molecule has 4 rings (SSSR count). The lowest BCUT2D eigenvalue weighted by atomic mass is 10.2. The van der Waals surface area contributed by atoms with Crippen LogP contribution in [0.25, 0.3) is 11.4 Å². The first-order valence-corrected chi connectivity index (χ1v) is 7.72. The second-order valence-electron chi connectivity index (χ2n) is 5.65. The highest BCUT2D eigenvalue weighted by atomic mass is 35.5. The molecular formula is C15H14ClN5O2. The average molecular weight is 332 g/mol. The fraction of sp³-hybridized carbons (Fsp3) is 0.333. The number of benzene rings is 1. The summed E-state index contributed by atoms with van der Waals surface area (Å²) in [7, 11) is 1.91. The van der Waals surface area contributed by atoms with Crippen LogP contribution < -0.4 is 5.76 Å². The Balaban J connectivity index is 1.74. The van der Waals surface area contributed by atoms with E-state index in [0.29, 0.717) is 28.2 Å². The van der Waals surface area contributed by atoms with Crippen LogP contribution in [0.4, 0.5) is 0 Å². The molecule has 0 unspecified atom stereocenters. The highest BCUT2D eigenvalue weighted by molar-refractivity contribution is 6.33. The van der Waals surface area contributed by atoms with Gasteiger partial charge in [0.2, 0.25) is 0 Å². The Bertz CT molecular complexity index is 922. The maximum absolute atomic E-state index is 12.0. The first kappa shape index (κ1) is 14.2. The molecule has 0 N–H and O–H groups in total. The van der Waals surface area contributed by atoms with Gasteiger partial charge in [0.1, 0.15) is 5.82 Å². The molecule has 3 aromatic rings. The van der Waals surface area contributed by atoms with E-state index in [9.17, 15) is 4.79 Å². The summed E-state index contributed by atoms with van der Waals surface area (Å²) >= 11 is 6.20. The quantitative estimate of drug-likeness (QED) is 0.732. The summed E-state index contributed by atoms with van der Waals surface area (Å²) in [6.07, 6.45) is 2.29. The lowest BCUT2D eigenvalue weighted by Gasteiger charge is -2.06. The van der Waals surface area contributed by atoms with Crippen molar-refractivity contribution in [2.24, 2.45) is 7.05 Å². The lowest BCUT2D eigenvalue weighted by molar-refractivity contribution is 0.377. The summed E-state index contributed by atoms with van der Waals surface area (Å²) in [6.45, 7) is 0.235. The summed E-state index contributed by atoms with van der Waals surface area (Å²) in [5.41, 5.74) is 0.643. The van der Waals surface area contributed by atoms with Crippen molar-refractivity contribution in [1.29, 1.82) is 0 Å². The summed E-state index contributed by atoms with van der Waals surface area (Å²) in [6, 6.07) is 7.19. The van der Waals surface area contributed by atoms with E-state index in [1.165, 1.54) is 4.57 Å². The first-order chi connectivity index (χ1) is 11.1. The number of halogens is 1. The predicted molar refractivity (Wildman–Crippen MR) is 83.3 cm³/mol. The fourth-order valence-corrected chi connectivity index (χ4v) is 2.82. The zero-order chi connectivity index (χ0) is 16.0. The molecule has 1 aliphatic rings. The Morgan fingerprint density at radius 1 is 1.30 bits per heavy atom. The minimum Gasteiger partial charge on any atom is -0.316 e. The zero-order valence-electron chi connectivity index (χ0n) is 12.4. The SMILES string of the molecule is Cn1c(Cn2c(-c3ccccc3Cl)noc2=O)nnc1C1CC1. The van der Waals surface area contributed by atoms with E-state index in [2.05, 4.69) is 15.4 Å². The lowest BCUT2D eigenvalue weighted by Crippen LogP contribution is -2.19. The molecule has 7 nitrogen and oxygen atoms in total. The van der Waals surface area contributed by atoms with Crippen molar-refractivity contribution in [3.8, 4) is 11.4 Å². The van der Waals surface area contributed by atoms with Crippen LogP contribution in [0.5, 0.6) is 0 Å². The van der Waals surface area contributed by atoms with Crippen molar-refractivity contribution in [3.63, 3.8) is 0 Å². The molecule has 0 aliphatic heterocycles. The van der Waals surface area contributed by atoms with E-state index in [1.807, 2.05) is 23.7 Å². The molecule has 0 atom stereocenters. The Morgan fingerprint density at radius 2 is 2.09 bits per heavy atom. The van der Waals surface area contributed by atoms with Crippen molar-refractivity contribution in [2.75, 3.05) is 0 Å². The van der Waals surface area contributed by atoms with Gasteiger partial charge < -0.3 is 4.57 Å². The minimum atomic E-state index is -0.545. The van der Waals surface area contributed by atoms with Gasteiger partial charge in [0.15, 0.2) is 11.6 Å². The standard InChI is InChI=1S/C15H14ClN5O2/c1-20-12(17-18-13(20)9-6-7-9)8-21-14(19-23-15(21)22)10-4-2-3-5-11(10)16/h2-5,9H,6-8H2,1H3. The largest absolute Gasteiger partial charge is 0.442 e. The van der Waals surface area contributed by atoms with Crippen LogP contribution in [0, 0.1) is 0 Å². The van der Waals surface area contributed by atoms with Crippen molar-refractivity contribution >= 4 is 11.6 Å². The second kappa shape index (κ2) is 5.34. The third-order valence-corrected chi connectivity index (χ3v) is 4.37. The van der Waals surface area contributed by atoms with Crippen LogP contribution in [-0.2, 0) is 13.6 Å². The number of aromatic nitrogens is 5. The third kappa shape index (κ3) is 2.46. The molecule has 0 saturated heterocycles. The Hall–Kier alpha value is -2.41. The van der Waals surface area contributed by atoms with Gasteiger partial charge in [-0.05, 0) is 25.0 Å². The number of hydrogen-bond acceptors (Lipinski definition) is 5. The van der Waals surface area contributed by atoms with Crippen molar-refractivity contribution in [3.05, 3.63) is 51.5 Å². The van der Waals surface area contributed by atoms with Gasteiger partial charge in [-0.15, -0.1) is 10.2 Å². The van der Waals surface area contributed by atoms with Gasteiger partial charge in [-0.3, -0.25) is 4.52 Å². The number of rotatable bonds is 4. The van der Waals surface area contributed by atoms with Crippen LogP contribution >= 0.6 is 11.6 Å². The van der Waals surface area contributed by atoms with Gasteiger partial charge in [-0.2, -0.15) is 0 Å². The monoisotopic (exact) mass is 331 g/mol. The van der Waals surface area contributed by atoms with E-state index in [-0.39, 0.29) is 6.54 Å². The van der Waals surface area contributed by atoms with E-state index < -0.39 is 5.76 Å². The molecular weight excluding hydrogens is 318 g/mol. The Kier molecular flexibility index (Phi) is 3.30.